The summed E-state index contributed by atoms with van der Waals surface area (Å²) >= 11 is 1.75. The van der Waals surface area contributed by atoms with Gasteiger partial charge in [0, 0.05) is 47.1 Å². The van der Waals surface area contributed by atoms with Crippen molar-refractivity contribution in [3.63, 3.8) is 0 Å². The molecule has 6 nitrogen and oxygen atoms in total. The number of thiazole rings is 1. The topological polar surface area (TPSA) is 86.0 Å². The van der Waals surface area contributed by atoms with Crippen LogP contribution >= 0.6 is 11.3 Å². The highest BCUT2D eigenvalue weighted by Crippen LogP contribution is 2.34. The van der Waals surface area contributed by atoms with E-state index < -0.39 is 0 Å². The first kappa shape index (κ1) is 22.3. The van der Waals surface area contributed by atoms with Gasteiger partial charge in [0.15, 0.2) is 0 Å². The second kappa shape index (κ2) is 9.68. The molecule has 0 radical (unpaired) electrons. The molecule has 0 aliphatic carbocycles. The zero-order valence-electron chi connectivity index (χ0n) is 18.8. The van der Waals surface area contributed by atoms with Gasteiger partial charge in [-0.3, -0.25) is 0 Å². The van der Waals surface area contributed by atoms with Gasteiger partial charge in [-0.15, -0.1) is 11.3 Å². The van der Waals surface area contributed by atoms with Crippen molar-refractivity contribution in [1.82, 2.24) is 20.3 Å². The monoisotopic (exact) mass is 447 g/mol. The van der Waals surface area contributed by atoms with Crippen molar-refractivity contribution < 1.29 is 4.74 Å². The largest absolute Gasteiger partial charge is 0.489 e. The Morgan fingerprint density at radius 3 is 2.75 bits per heavy atom. The van der Waals surface area contributed by atoms with E-state index in [-0.39, 0.29) is 5.41 Å². The van der Waals surface area contributed by atoms with Crippen LogP contribution in [0, 0.1) is 17.3 Å². The zero-order valence-corrected chi connectivity index (χ0v) is 19.6. The summed E-state index contributed by atoms with van der Waals surface area (Å²) < 4.78 is 5.99. The number of hydrogen-bond acceptors (Lipinski definition) is 7. The summed E-state index contributed by atoms with van der Waals surface area (Å²) in [4.78, 5) is 14.5. The second-order valence-corrected chi connectivity index (χ2v) is 10.1. The van der Waals surface area contributed by atoms with Crippen LogP contribution in [-0.2, 0) is 6.61 Å². The summed E-state index contributed by atoms with van der Waals surface area (Å²) in [6, 6.07) is 5.72. The van der Waals surface area contributed by atoms with Crippen LogP contribution in [0.15, 0.2) is 36.8 Å². The molecule has 3 aromatic heterocycles. The number of nitrogen functional groups attached to an aromatic ring is 1. The van der Waals surface area contributed by atoms with Gasteiger partial charge in [-0.2, -0.15) is 0 Å². The van der Waals surface area contributed by atoms with Gasteiger partial charge in [-0.1, -0.05) is 5.92 Å². The third kappa shape index (κ3) is 5.84. The van der Waals surface area contributed by atoms with Crippen molar-refractivity contribution >= 4 is 17.2 Å². The number of anilines is 1. The van der Waals surface area contributed by atoms with Crippen molar-refractivity contribution in [2.45, 2.75) is 46.1 Å². The maximum absolute atomic E-state index is 6.13. The number of ether oxygens (including phenoxy) is 1. The Kier molecular flexibility index (Phi) is 6.73. The fourth-order valence-corrected chi connectivity index (χ4v) is 4.50. The van der Waals surface area contributed by atoms with E-state index in [9.17, 15) is 0 Å². The predicted molar refractivity (Wildman–Crippen MR) is 130 cm³/mol. The molecule has 1 aliphatic rings. The molecule has 4 heterocycles. The minimum Gasteiger partial charge on any atom is -0.489 e. The van der Waals surface area contributed by atoms with Crippen molar-refractivity contribution in [3.05, 3.63) is 53.1 Å². The molecule has 0 bridgehead atoms. The Labute approximate surface area is 193 Å². The molecule has 7 heteroatoms. The first-order chi connectivity index (χ1) is 15.4. The van der Waals surface area contributed by atoms with Crippen LogP contribution < -0.4 is 15.8 Å². The van der Waals surface area contributed by atoms with Gasteiger partial charge < -0.3 is 15.8 Å². The van der Waals surface area contributed by atoms with Gasteiger partial charge in [-0.05, 0) is 64.8 Å². The van der Waals surface area contributed by atoms with Crippen LogP contribution in [0.5, 0.6) is 5.75 Å². The predicted octanol–water partition coefficient (Wildman–Crippen LogP) is 4.63. The normalized spacial score (nSPS) is 14.6. The third-order valence-electron chi connectivity index (χ3n) is 5.19. The summed E-state index contributed by atoms with van der Waals surface area (Å²) in [6.07, 6.45) is 7.74. The number of piperidine rings is 1. The van der Waals surface area contributed by atoms with Crippen LogP contribution in [-0.4, -0.2) is 28.0 Å². The molecule has 0 amide bonds. The molecule has 3 N–H and O–H groups in total. The van der Waals surface area contributed by atoms with Gasteiger partial charge in [0.25, 0.3) is 0 Å². The summed E-state index contributed by atoms with van der Waals surface area (Å²) in [6.45, 7) is 8.65. The first-order valence-corrected chi connectivity index (χ1v) is 11.7. The van der Waals surface area contributed by atoms with Gasteiger partial charge in [0.05, 0.1) is 9.88 Å². The molecule has 1 saturated heterocycles. The number of aromatic nitrogens is 3. The summed E-state index contributed by atoms with van der Waals surface area (Å²) in [5.41, 5.74) is 8.60. The first-order valence-electron chi connectivity index (χ1n) is 10.9. The fourth-order valence-electron chi connectivity index (χ4n) is 3.43. The number of nitrogens with one attached hydrogen (secondary N) is 1. The van der Waals surface area contributed by atoms with Crippen LogP contribution in [0.4, 0.5) is 5.82 Å². The molecule has 3 aromatic rings. The Bertz CT molecular complexity index is 1130. The lowest BCUT2D eigenvalue weighted by Gasteiger charge is -2.20. The lowest BCUT2D eigenvalue weighted by atomic mass is 9.98. The fraction of sp³-hybridized carbons (Fsp3) is 0.400. The van der Waals surface area contributed by atoms with Gasteiger partial charge >= 0.3 is 0 Å². The second-order valence-electron chi connectivity index (χ2n) is 9.02. The van der Waals surface area contributed by atoms with Crippen LogP contribution in [0.3, 0.4) is 0 Å². The molecule has 0 spiro atoms. The highest BCUT2D eigenvalue weighted by molar-refractivity contribution is 7.15. The summed E-state index contributed by atoms with van der Waals surface area (Å²) in [7, 11) is 0. The number of nitrogens with zero attached hydrogens (tertiary/aromatic N) is 3. The number of pyridine rings is 2. The van der Waals surface area contributed by atoms with E-state index in [2.05, 4.69) is 52.9 Å². The van der Waals surface area contributed by atoms with Crippen LogP contribution in [0.2, 0.25) is 0 Å². The minimum absolute atomic E-state index is 0.0799. The average molecular weight is 448 g/mol. The third-order valence-corrected chi connectivity index (χ3v) is 6.40. The minimum atomic E-state index is -0.0799. The highest BCUT2D eigenvalue weighted by atomic mass is 32.1. The van der Waals surface area contributed by atoms with Crippen molar-refractivity contribution in [2.24, 2.45) is 5.41 Å². The lowest BCUT2D eigenvalue weighted by Crippen LogP contribution is -2.26. The Morgan fingerprint density at radius 1 is 1.16 bits per heavy atom. The standard InChI is InChI=1S/C25H29N5OS/c1-25(2,3)8-4-20-13-21(7-11-28-20)31-16-19-12-18(14-29-23(19)26)22-15-30-24(32-22)17-5-9-27-10-6-17/h7,11-15,17,27H,5-6,9-10,16H2,1-3H3,(H2,26,29). The van der Waals surface area contributed by atoms with Gasteiger partial charge in [0.1, 0.15) is 23.9 Å². The maximum Gasteiger partial charge on any atom is 0.130 e. The zero-order chi connectivity index (χ0) is 22.6. The highest BCUT2D eigenvalue weighted by Gasteiger charge is 2.19. The van der Waals surface area contributed by atoms with Crippen molar-refractivity contribution in [1.29, 1.82) is 0 Å². The quantitative estimate of drug-likeness (QED) is 0.555. The van der Waals surface area contributed by atoms with E-state index in [0.29, 0.717) is 29.8 Å². The molecule has 1 fully saturated rings. The molecule has 166 valence electrons. The van der Waals surface area contributed by atoms with Crippen molar-refractivity contribution in [2.75, 3.05) is 18.8 Å². The van der Waals surface area contributed by atoms with Crippen LogP contribution in [0.1, 0.15) is 55.8 Å². The van der Waals surface area contributed by atoms with Crippen molar-refractivity contribution in [3.8, 4) is 28.0 Å². The molecule has 0 aromatic carbocycles. The molecule has 0 unspecified atom stereocenters. The van der Waals surface area contributed by atoms with E-state index >= 15 is 0 Å². The smallest absolute Gasteiger partial charge is 0.130 e. The average Bonchev–Trinajstić information content (AvgIpc) is 3.28. The summed E-state index contributed by atoms with van der Waals surface area (Å²) in [5, 5.41) is 4.61. The van der Waals surface area contributed by atoms with Gasteiger partial charge in [0.2, 0.25) is 0 Å². The molecule has 32 heavy (non-hydrogen) atoms. The summed E-state index contributed by atoms with van der Waals surface area (Å²) in [5.74, 6) is 8.02. The molecular weight excluding hydrogens is 418 g/mol. The number of nitrogens with two attached hydrogens (primary N) is 1. The molecular formula is C25H29N5OS. The lowest BCUT2D eigenvalue weighted by molar-refractivity contribution is 0.306. The number of hydrogen-bond donors (Lipinski definition) is 2. The van der Waals surface area contributed by atoms with E-state index in [4.69, 9.17) is 10.5 Å². The Hall–Kier alpha value is -2.95. The molecule has 1 aliphatic heterocycles. The SMILES string of the molecule is CC(C)(C)C#Cc1cc(OCc2cc(-c3cnc(C4CCNCC4)s3)cnc2N)ccn1. The van der Waals surface area contributed by atoms with E-state index in [1.807, 2.05) is 30.6 Å². The van der Waals surface area contributed by atoms with E-state index in [1.54, 1.807) is 17.5 Å². The van der Waals surface area contributed by atoms with Crippen LogP contribution in [0.25, 0.3) is 10.4 Å². The maximum atomic E-state index is 6.13. The Morgan fingerprint density at radius 2 is 1.97 bits per heavy atom. The van der Waals surface area contributed by atoms with E-state index in [0.717, 1.165) is 41.9 Å². The number of rotatable bonds is 5. The molecule has 4 rings (SSSR count). The Balaban J connectivity index is 1.47. The van der Waals surface area contributed by atoms with Gasteiger partial charge in [-0.25, -0.2) is 15.0 Å². The molecule has 0 saturated carbocycles. The molecule has 0 atom stereocenters. The van der Waals surface area contributed by atoms with E-state index in [1.165, 1.54) is 5.01 Å².